The molecule has 0 unspecified atom stereocenters. The molecule has 0 heterocycles. The lowest BCUT2D eigenvalue weighted by Gasteiger charge is -1.99. The van der Waals surface area contributed by atoms with Crippen LogP contribution >= 0.6 is 12.4 Å². The maximum Gasteiger partial charge on any atom is 0.302 e. The zero-order valence-electron chi connectivity index (χ0n) is 6.82. The van der Waals surface area contributed by atoms with Crippen molar-refractivity contribution in [3.63, 3.8) is 0 Å². The normalized spacial score (nSPS) is 8.42. The van der Waals surface area contributed by atoms with Crippen LogP contribution in [0.2, 0.25) is 0 Å². The van der Waals surface area contributed by atoms with Crippen LogP contribution in [0.5, 0.6) is 0 Å². The van der Waals surface area contributed by atoms with Gasteiger partial charge in [-0.3, -0.25) is 4.79 Å². The summed E-state index contributed by atoms with van der Waals surface area (Å²) in [5.74, 6) is -0.242. The summed E-state index contributed by atoms with van der Waals surface area (Å²) in [5.41, 5.74) is 1.02. The number of hydrogen-bond acceptors (Lipinski definition) is 2. The van der Waals surface area contributed by atoms with Crippen molar-refractivity contribution in [2.24, 2.45) is 0 Å². The van der Waals surface area contributed by atoms with Crippen LogP contribution in [0.1, 0.15) is 12.5 Å². The molecule has 0 aliphatic rings. The lowest BCUT2D eigenvalue weighted by Crippen LogP contribution is -1.97. The molecule has 1 aromatic carbocycles. The van der Waals surface area contributed by atoms with Crippen LogP contribution in [0.25, 0.3) is 0 Å². The number of rotatable bonds is 2. The first-order chi connectivity index (χ1) is 5.29. The second kappa shape index (κ2) is 5.61. The minimum Gasteiger partial charge on any atom is -0.461 e. The Bertz CT molecular complexity index is 234. The SMILES string of the molecule is CC(=O)OCc1ccccc1.Cl. The van der Waals surface area contributed by atoms with E-state index in [9.17, 15) is 4.79 Å². The lowest BCUT2D eigenvalue weighted by atomic mass is 10.2. The summed E-state index contributed by atoms with van der Waals surface area (Å²) in [6.07, 6.45) is 0. The summed E-state index contributed by atoms with van der Waals surface area (Å²) in [4.78, 5) is 10.4. The Hall–Kier alpha value is -1.02. The van der Waals surface area contributed by atoms with Crippen molar-refractivity contribution >= 4 is 18.4 Å². The Morgan fingerprint density at radius 1 is 1.33 bits per heavy atom. The van der Waals surface area contributed by atoms with Crippen molar-refractivity contribution in [2.75, 3.05) is 0 Å². The van der Waals surface area contributed by atoms with Crippen molar-refractivity contribution in [1.29, 1.82) is 0 Å². The minimum absolute atomic E-state index is 0. The van der Waals surface area contributed by atoms with E-state index in [1.54, 1.807) is 0 Å². The van der Waals surface area contributed by atoms with E-state index in [1.165, 1.54) is 6.92 Å². The second-order valence-corrected chi connectivity index (χ2v) is 2.27. The molecule has 0 fully saturated rings. The number of benzene rings is 1. The molecular weight excluding hydrogens is 176 g/mol. The van der Waals surface area contributed by atoms with Gasteiger partial charge < -0.3 is 4.74 Å². The molecule has 0 saturated carbocycles. The topological polar surface area (TPSA) is 26.3 Å². The highest BCUT2D eigenvalue weighted by molar-refractivity contribution is 5.85. The van der Waals surface area contributed by atoms with E-state index in [0.717, 1.165) is 5.56 Å². The van der Waals surface area contributed by atoms with Crippen LogP contribution in [0.15, 0.2) is 30.3 Å². The summed E-state index contributed by atoms with van der Waals surface area (Å²) in [6, 6.07) is 9.60. The van der Waals surface area contributed by atoms with Gasteiger partial charge in [0.15, 0.2) is 0 Å². The van der Waals surface area contributed by atoms with Gasteiger partial charge >= 0.3 is 5.97 Å². The molecule has 0 radical (unpaired) electrons. The standard InChI is InChI=1S/C9H10O2.ClH/c1-8(10)11-7-9-5-3-2-4-6-9;/h2-6H,7H2,1H3;1H. The van der Waals surface area contributed by atoms with Gasteiger partial charge in [0, 0.05) is 6.92 Å². The number of esters is 1. The van der Waals surface area contributed by atoms with Crippen LogP contribution in [-0.2, 0) is 16.1 Å². The van der Waals surface area contributed by atoms with E-state index in [-0.39, 0.29) is 18.4 Å². The van der Waals surface area contributed by atoms with Gasteiger partial charge in [-0.2, -0.15) is 0 Å². The molecule has 1 aromatic rings. The molecule has 0 spiro atoms. The first-order valence-electron chi connectivity index (χ1n) is 3.46. The molecule has 66 valence electrons. The van der Waals surface area contributed by atoms with Crippen molar-refractivity contribution < 1.29 is 9.53 Å². The molecule has 0 amide bonds. The highest BCUT2D eigenvalue weighted by Crippen LogP contribution is 1.99. The molecule has 0 bridgehead atoms. The molecule has 3 heteroatoms. The number of carbonyl (C=O) groups excluding carboxylic acids is 1. The Morgan fingerprint density at radius 3 is 2.42 bits per heavy atom. The third-order valence-corrected chi connectivity index (χ3v) is 1.28. The van der Waals surface area contributed by atoms with Gasteiger partial charge in [-0.25, -0.2) is 0 Å². The summed E-state index contributed by atoms with van der Waals surface area (Å²) >= 11 is 0. The molecule has 2 nitrogen and oxygen atoms in total. The summed E-state index contributed by atoms with van der Waals surface area (Å²) in [7, 11) is 0. The first kappa shape index (κ1) is 11.0. The fourth-order valence-electron chi connectivity index (χ4n) is 0.759. The van der Waals surface area contributed by atoms with Gasteiger partial charge in [0.25, 0.3) is 0 Å². The van der Waals surface area contributed by atoms with Crippen molar-refractivity contribution in [3.8, 4) is 0 Å². The van der Waals surface area contributed by atoms with Crippen molar-refractivity contribution in [2.45, 2.75) is 13.5 Å². The molecule has 0 saturated heterocycles. The summed E-state index contributed by atoms with van der Waals surface area (Å²) in [5, 5.41) is 0. The molecule has 0 aliphatic carbocycles. The zero-order valence-corrected chi connectivity index (χ0v) is 7.64. The summed E-state index contributed by atoms with van der Waals surface area (Å²) < 4.78 is 4.79. The predicted octanol–water partition coefficient (Wildman–Crippen LogP) is 2.17. The van der Waals surface area contributed by atoms with Crippen LogP contribution in [0.4, 0.5) is 0 Å². The molecule has 12 heavy (non-hydrogen) atoms. The average Bonchev–Trinajstić information content (AvgIpc) is 2.03. The van der Waals surface area contributed by atoms with Crippen LogP contribution in [-0.4, -0.2) is 5.97 Å². The quantitative estimate of drug-likeness (QED) is 0.662. The number of carbonyl (C=O) groups is 1. The third kappa shape index (κ3) is 3.98. The Labute approximate surface area is 78.0 Å². The molecule has 0 aliphatic heterocycles. The van der Waals surface area contributed by atoms with Crippen LogP contribution in [0.3, 0.4) is 0 Å². The Morgan fingerprint density at radius 2 is 1.92 bits per heavy atom. The Kier molecular flexibility index (Phi) is 5.13. The Balaban J connectivity index is 0.00000121. The van der Waals surface area contributed by atoms with E-state index < -0.39 is 0 Å². The molecule has 0 aromatic heterocycles. The van der Waals surface area contributed by atoms with E-state index in [2.05, 4.69) is 0 Å². The largest absolute Gasteiger partial charge is 0.461 e. The summed E-state index contributed by atoms with van der Waals surface area (Å²) in [6.45, 7) is 1.78. The van der Waals surface area contributed by atoms with Gasteiger partial charge in [-0.05, 0) is 5.56 Å². The van der Waals surface area contributed by atoms with E-state index in [1.807, 2.05) is 30.3 Å². The number of ether oxygens (including phenoxy) is 1. The zero-order chi connectivity index (χ0) is 8.10. The van der Waals surface area contributed by atoms with E-state index >= 15 is 0 Å². The third-order valence-electron chi connectivity index (χ3n) is 1.28. The maximum atomic E-state index is 10.4. The number of halogens is 1. The monoisotopic (exact) mass is 186 g/mol. The predicted molar refractivity (Wildman–Crippen MR) is 49.2 cm³/mol. The average molecular weight is 187 g/mol. The first-order valence-corrected chi connectivity index (χ1v) is 3.46. The fourth-order valence-corrected chi connectivity index (χ4v) is 0.759. The fraction of sp³-hybridized carbons (Fsp3) is 0.222. The van der Waals surface area contributed by atoms with Crippen molar-refractivity contribution in [1.82, 2.24) is 0 Å². The molecule has 1 rings (SSSR count). The maximum absolute atomic E-state index is 10.4. The highest BCUT2D eigenvalue weighted by atomic mass is 35.5. The van der Waals surface area contributed by atoms with Gasteiger partial charge in [-0.1, -0.05) is 30.3 Å². The lowest BCUT2D eigenvalue weighted by molar-refractivity contribution is -0.142. The van der Waals surface area contributed by atoms with Crippen LogP contribution in [0, 0.1) is 0 Å². The van der Waals surface area contributed by atoms with E-state index in [0.29, 0.717) is 6.61 Å². The van der Waals surface area contributed by atoms with Gasteiger partial charge in [0.1, 0.15) is 6.61 Å². The smallest absolute Gasteiger partial charge is 0.302 e. The highest BCUT2D eigenvalue weighted by Gasteiger charge is 1.93. The van der Waals surface area contributed by atoms with Crippen LogP contribution < -0.4 is 0 Å². The second-order valence-electron chi connectivity index (χ2n) is 2.27. The number of hydrogen-bond donors (Lipinski definition) is 0. The van der Waals surface area contributed by atoms with Gasteiger partial charge in [-0.15, -0.1) is 12.4 Å². The van der Waals surface area contributed by atoms with E-state index in [4.69, 9.17) is 4.74 Å². The van der Waals surface area contributed by atoms with Gasteiger partial charge in [0.2, 0.25) is 0 Å². The molecule has 0 N–H and O–H groups in total. The molecule has 0 atom stereocenters. The van der Waals surface area contributed by atoms with Gasteiger partial charge in [0.05, 0.1) is 0 Å². The molecular formula is C9H11ClO2. The minimum atomic E-state index is -0.242. The van der Waals surface area contributed by atoms with Crippen molar-refractivity contribution in [3.05, 3.63) is 35.9 Å².